The fourth-order valence-electron chi connectivity index (χ4n) is 6.78. The van der Waals surface area contributed by atoms with Crippen LogP contribution in [0, 0.1) is 17.8 Å². The molecule has 42 heavy (non-hydrogen) atoms. The summed E-state index contributed by atoms with van der Waals surface area (Å²) in [4.78, 5) is 11.6. The number of carboxylic acid groups (broad SMARTS) is 1. The van der Waals surface area contributed by atoms with E-state index in [0.29, 0.717) is 17.0 Å². The number of ether oxygens (including phenoxy) is 1. The number of rotatable bonds is 21. The van der Waals surface area contributed by atoms with E-state index in [1.54, 1.807) is 6.08 Å². The number of hydrogen-bond acceptors (Lipinski definition) is 4. The van der Waals surface area contributed by atoms with Crippen LogP contribution in [0.15, 0.2) is 33.1 Å². The molecule has 0 aromatic heterocycles. The monoisotopic (exact) mass is 736 g/mol. The summed E-state index contributed by atoms with van der Waals surface area (Å²) >= 11 is 2.36. The lowest BCUT2D eigenvalue weighted by atomic mass is 9.79. The maximum Gasteiger partial charge on any atom is 0.371 e. The van der Waals surface area contributed by atoms with Crippen molar-refractivity contribution in [2.24, 2.45) is 17.8 Å². The number of methoxy groups -OCH3 is 1. The summed E-state index contributed by atoms with van der Waals surface area (Å²) in [5, 5.41) is 9.54. The highest BCUT2D eigenvalue weighted by Crippen LogP contribution is 2.42. The molecule has 0 spiro atoms. The van der Waals surface area contributed by atoms with Crippen molar-refractivity contribution in [2.75, 3.05) is 7.11 Å². The molecule has 0 aliphatic heterocycles. The molecule has 0 fully saturated rings. The maximum atomic E-state index is 11.6. The van der Waals surface area contributed by atoms with Gasteiger partial charge in [0, 0.05) is 5.92 Å². The molecular formula is C34H65IO5Si2. The first-order valence-corrected chi connectivity index (χ1v) is 22.4. The minimum atomic E-state index is -2.07. The molecule has 5 atom stereocenters. The predicted octanol–water partition coefficient (Wildman–Crippen LogP) is 11.1. The predicted molar refractivity (Wildman–Crippen MR) is 194 cm³/mol. The second-order valence-electron chi connectivity index (χ2n) is 13.0. The SMILES string of the molecule is CC[C@@H]([C@@H](O[Si](CC)(CC)C(C)C)[C@H](C)C/C(C)=C/I)[C@H](O[Si](CC)(CC)C(C)C)[C@H](C)/C=C(C)/C=C(\OC)C(=O)O. The standard InChI is InChI=1S/C34H65IO5Si2/c1-15-30(33(29(13)21-27(11)23-35)40-42(18-4,19-5)25(8)9)32(39-41(16-2,17-3)24(6)7)28(12)20-26(10)22-31(38-14)34(36)37/h20,22-25,28-30,32-33H,15-19,21H2,1-14H3,(H,36,37)/b26-20+,27-23+,31-22-/t28-,29-,30-,32-,33+/m1/s1. The van der Waals surface area contributed by atoms with Gasteiger partial charge in [0.15, 0.2) is 16.6 Å². The van der Waals surface area contributed by atoms with Crippen molar-refractivity contribution in [3.63, 3.8) is 0 Å². The Morgan fingerprint density at radius 1 is 0.833 bits per heavy atom. The molecule has 0 rings (SSSR count). The molecule has 0 aromatic rings. The van der Waals surface area contributed by atoms with Gasteiger partial charge < -0.3 is 18.7 Å². The van der Waals surface area contributed by atoms with E-state index in [-0.39, 0.29) is 29.8 Å². The molecule has 1 N–H and O–H groups in total. The average molecular weight is 737 g/mol. The van der Waals surface area contributed by atoms with Crippen LogP contribution in [0.25, 0.3) is 0 Å². The van der Waals surface area contributed by atoms with E-state index in [2.05, 4.69) is 116 Å². The smallest absolute Gasteiger partial charge is 0.371 e. The number of halogens is 1. The molecule has 0 heterocycles. The second-order valence-corrected chi connectivity index (χ2v) is 23.5. The fourth-order valence-corrected chi connectivity index (χ4v) is 14.4. The molecule has 8 heteroatoms. The molecule has 0 amide bonds. The average Bonchev–Trinajstić information content (AvgIpc) is 2.94. The number of carbonyl (C=O) groups is 1. The van der Waals surface area contributed by atoms with Gasteiger partial charge in [0.05, 0.1) is 19.3 Å². The molecule has 0 unspecified atom stereocenters. The van der Waals surface area contributed by atoms with Crippen LogP contribution in [0.1, 0.15) is 103 Å². The summed E-state index contributed by atoms with van der Waals surface area (Å²) in [5.74, 6) is -0.490. The number of allylic oxidation sites excluding steroid dienone is 3. The Morgan fingerprint density at radius 2 is 1.29 bits per heavy atom. The molecule has 0 aliphatic rings. The van der Waals surface area contributed by atoms with Crippen LogP contribution in [-0.4, -0.2) is 47.0 Å². The van der Waals surface area contributed by atoms with Gasteiger partial charge in [0.25, 0.3) is 0 Å². The van der Waals surface area contributed by atoms with Crippen LogP contribution in [0.2, 0.25) is 35.3 Å². The minimum absolute atomic E-state index is 0.0351. The van der Waals surface area contributed by atoms with Crippen LogP contribution < -0.4 is 0 Å². The molecule has 5 nitrogen and oxygen atoms in total. The quantitative estimate of drug-likeness (QED) is 0.0418. The molecule has 0 aromatic carbocycles. The van der Waals surface area contributed by atoms with Crippen molar-refractivity contribution in [3.05, 3.63) is 33.1 Å². The number of aliphatic carboxylic acids is 1. The Bertz CT molecular complexity index is 890. The van der Waals surface area contributed by atoms with E-state index in [4.69, 9.17) is 13.6 Å². The topological polar surface area (TPSA) is 65.0 Å². The summed E-state index contributed by atoms with van der Waals surface area (Å²) in [5.41, 5.74) is 3.28. The van der Waals surface area contributed by atoms with E-state index in [1.807, 2.05) is 6.92 Å². The number of carboxylic acids is 1. The van der Waals surface area contributed by atoms with Crippen molar-refractivity contribution in [2.45, 2.75) is 150 Å². The van der Waals surface area contributed by atoms with Crippen molar-refractivity contribution in [3.8, 4) is 0 Å². The lowest BCUT2D eigenvalue weighted by Gasteiger charge is -2.48. The third kappa shape index (κ3) is 11.5. The van der Waals surface area contributed by atoms with Crippen LogP contribution >= 0.6 is 22.6 Å². The van der Waals surface area contributed by atoms with Gasteiger partial charge in [-0.1, -0.05) is 116 Å². The van der Waals surface area contributed by atoms with Crippen LogP contribution in [0.3, 0.4) is 0 Å². The normalized spacial score (nSPS) is 17.8. The lowest BCUT2D eigenvalue weighted by molar-refractivity contribution is -0.136. The molecule has 0 saturated heterocycles. The summed E-state index contributed by atoms with van der Waals surface area (Å²) in [6.45, 7) is 29.7. The summed E-state index contributed by atoms with van der Waals surface area (Å²) in [7, 11) is -2.67. The van der Waals surface area contributed by atoms with Gasteiger partial charge >= 0.3 is 5.97 Å². The lowest BCUT2D eigenvalue weighted by Crippen LogP contribution is -2.54. The first-order valence-electron chi connectivity index (χ1n) is 16.4. The third-order valence-corrected chi connectivity index (χ3v) is 21.3. The first kappa shape index (κ1) is 41.6. The fraction of sp³-hybridized carbons (Fsp3) is 0.794. The Hall–Kier alpha value is -0.426. The molecule has 0 bridgehead atoms. The number of hydrogen-bond donors (Lipinski definition) is 1. The van der Waals surface area contributed by atoms with E-state index in [1.165, 1.54) is 12.7 Å². The van der Waals surface area contributed by atoms with Gasteiger partial charge in [-0.25, -0.2) is 4.79 Å². The van der Waals surface area contributed by atoms with Crippen LogP contribution in [0.5, 0.6) is 0 Å². The third-order valence-electron chi connectivity index (χ3n) is 9.78. The van der Waals surface area contributed by atoms with Gasteiger partial charge in [-0.15, -0.1) is 0 Å². The van der Waals surface area contributed by atoms with Gasteiger partial charge in [0.2, 0.25) is 5.76 Å². The van der Waals surface area contributed by atoms with Crippen LogP contribution in [0.4, 0.5) is 0 Å². The van der Waals surface area contributed by atoms with Gasteiger partial charge in [-0.2, -0.15) is 0 Å². The van der Waals surface area contributed by atoms with E-state index < -0.39 is 22.6 Å². The largest absolute Gasteiger partial charge is 0.490 e. The molecule has 0 saturated carbocycles. The Kier molecular flexibility index (Phi) is 19.7. The van der Waals surface area contributed by atoms with Gasteiger partial charge in [0.1, 0.15) is 0 Å². The molecule has 246 valence electrons. The summed E-state index contributed by atoms with van der Waals surface area (Å²) in [6.07, 6.45) is 5.82. The minimum Gasteiger partial charge on any atom is -0.490 e. The van der Waals surface area contributed by atoms with E-state index in [0.717, 1.165) is 42.6 Å². The second kappa shape index (κ2) is 19.9. The summed E-state index contributed by atoms with van der Waals surface area (Å²) < 4.78 is 22.4. The van der Waals surface area contributed by atoms with Crippen molar-refractivity contribution in [1.82, 2.24) is 0 Å². The van der Waals surface area contributed by atoms with E-state index >= 15 is 0 Å². The van der Waals surface area contributed by atoms with Crippen molar-refractivity contribution < 1.29 is 23.5 Å². The highest BCUT2D eigenvalue weighted by molar-refractivity contribution is 14.1. The first-order chi connectivity index (χ1) is 19.6. The zero-order chi connectivity index (χ0) is 32.8. The molecular weight excluding hydrogens is 671 g/mol. The zero-order valence-electron chi connectivity index (χ0n) is 29.5. The van der Waals surface area contributed by atoms with Gasteiger partial charge in [-0.05, 0) is 83.9 Å². The highest BCUT2D eigenvalue weighted by Gasteiger charge is 2.46. The molecule has 0 aliphatic carbocycles. The highest BCUT2D eigenvalue weighted by atomic mass is 127. The Balaban J connectivity index is 7.28. The summed E-state index contributed by atoms with van der Waals surface area (Å²) in [6, 6.07) is 4.36. The van der Waals surface area contributed by atoms with Crippen molar-refractivity contribution >= 4 is 45.2 Å². The Morgan fingerprint density at radius 3 is 1.62 bits per heavy atom. The van der Waals surface area contributed by atoms with Crippen molar-refractivity contribution in [1.29, 1.82) is 0 Å². The van der Waals surface area contributed by atoms with Gasteiger partial charge in [-0.3, -0.25) is 0 Å². The Labute approximate surface area is 275 Å². The maximum absolute atomic E-state index is 11.6. The van der Waals surface area contributed by atoms with E-state index in [9.17, 15) is 9.90 Å². The molecule has 0 radical (unpaired) electrons. The van der Waals surface area contributed by atoms with Crippen LogP contribution in [-0.2, 0) is 18.4 Å². The zero-order valence-corrected chi connectivity index (χ0v) is 33.6.